The van der Waals surface area contributed by atoms with Gasteiger partial charge in [0.2, 0.25) is 0 Å². The molecule has 0 N–H and O–H groups in total. The molecule has 0 spiro atoms. The number of imide groups is 1. The fourth-order valence-corrected chi connectivity index (χ4v) is 3.90. The number of benzene rings is 1. The molecule has 1 aliphatic rings. The molecule has 0 unspecified atom stereocenters. The van der Waals surface area contributed by atoms with E-state index in [9.17, 15) is 9.59 Å². The lowest BCUT2D eigenvalue weighted by molar-refractivity contribution is -0.124. The molecule has 130 valence electrons. The number of hydrogen-bond acceptors (Lipinski definition) is 3. The van der Waals surface area contributed by atoms with Crippen LogP contribution >= 0.6 is 11.8 Å². The van der Waals surface area contributed by atoms with E-state index in [2.05, 4.69) is 32.0 Å². The van der Waals surface area contributed by atoms with Gasteiger partial charge in [0, 0.05) is 23.6 Å². The maximum atomic E-state index is 12.6. The third-order valence-corrected chi connectivity index (χ3v) is 5.41. The Kier molecular flexibility index (Phi) is 4.86. The largest absolute Gasteiger partial charge is 0.317 e. The van der Waals surface area contributed by atoms with E-state index in [-0.39, 0.29) is 17.2 Å². The summed E-state index contributed by atoms with van der Waals surface area (Å²) >= 11 is 1.02. The van der Waals surface area contributed by atoms with Gasteiger partial charge >= 0.3 is 0 Å². The van der Waals surface area contributed by atoms with Gasteiger partial charge in [-0.3, -0.25) is 14.5 Å². The molecule has 5 heteroatoms. The van der Waals surface area contributed by atoms with Crippen molar-refractivity contribution in [3.05, 3.63) is 58.3 Å². The molecule has 1 fully saturated rings. The Balaban J connectivity index is 1.97. The third kappa shape index (κ3) is 3.29. The third-order valence-electron chi connectivity index (χ3n) is 4.53. The average Bonchev–Trinajstić information content (AvgIpc) is 3.12. The molecule has 0 radical (unpaired) electrons. The molecule has 2 heterocycles. The molecule has 4 nitrogen and oxygen atoms in total. The first-order chi connectivity index (χ1) is 11.9. The molecule has 0 bridgehead atoms. The minimum absolute atomic E-state index is 0.0791. The topological polar surface area (TPSA) is 42.3 Å². The van der Waals surface area contributed by atoms with E-state index < -0.39 is 0 Å². The van der Waals surface area contributed by atoms with Crippen molar-refractivity contribution in [3.63, 3.8) is 0 Å². The summed E-state index contributed by atoms with van der Waals surface area (Å²) in [5.74, 6) is -0.197. The molecule has 3 rings (SSSR count). The van der Waals surface area contributed by atoms with E-state index in [1.54, 1.807) is 0 Å². The summed E-state index contributed by atoms with van der Waals surface area (Å²) in [6.45, 7) is 8.02. The predicted molar refractivity (Wildman–Crippen MR) is 103 cm³/mol. The van der Waals surface area contributed by atoms with Crippen LogP contribution in [0.25, 0.3) is 11.8 Å². The van der Waals surface area contributed by atoms with Crippen LogP contribution in [0.15, 0.2) is 41.4 Å². The van der Waals surface area contributed by atoms with Crippen molar-refractivity contribution in [2.45, 2.75) is 40.2 Å². The summed E-state index contributed by atoms with van der Waals surface area (Å²) in [7, 11) is 0. The van der Waals surface area contributed by atoms with E-state index in [1.807, 2.05) is 42.8 Å². The second kappa shape index (κ2) is 6.92. The number of aromatic nitrogens is 1. The Morgan fingerprint density at radius 3 is 2.64 bits per heavy atom. The maximum Gasteiger partial charge on any atom is 0.293 e. The maximum absolute atomic E-state index is 12.6. The van der Waals surface area contributed by atoms with Gasteiger partial charge in [-0.25, -0.2) is 0 Å². The van der Waals surface area contributed by atoms with Gasteiger partial charge in [0.1, 0.15) is 0 Å². The Labute approximate surface area is 152 Å². The molecule has 0 aliphatic carbocycles. The molecular weight excluding hydrogens is 332 g/mol. The number of amides is 2. The van der Waals surface area contributed by atoms with Crippen molar-refractivity contribution in [2.75, 3.05) is 0 Å². The summed E-state index contributed by atoms with van der Waals surface area (Å²) in [6, 6.07) is 10.1. The van der Waals surface area contributed by atoms with E-state index in [1.165, 1.54) is 16.0 Å². The Hall–Kier alpha value is -2.27. The lowest BCUT2D eigenvalue weighted by atomic mass is 10.1. The second-order valence-electron chi connectivity index (χ2n) is 6.40. The SMILES string of the molecule is CC[C@H](C)N1C(=O)S/C(=C/c2cccn2-c2ccc(C)cc2C)C1=O. The van der Waals surface area contributed by atoms with Gasteiger partial charge in [-0.15, -0.1) is 0 Å². The highest BCUT2D eigenvalue weighted by atomic mass is 32.2. The highest BCUT2D eigenvalue weighted by molar-refractivity contribution is 8.18. The summed E-state index contributed by atoms with van der Waals surface area (Å²) in [6.07, 6.45) is 4.54. The van der Waals surface area contributed by atoms with Crippen molar-refractivity contribution >= 4 is 29.0 Å². The highest BCUT2D eigenvalue weighted by Gasteiger charge is 2.37. The summed E-state index contributed by atoms with van der Waals surface area (Å²) in [4.78, 5) is 26.6. The second-order valence-corrected chi connectivity index (χ2v) is 7.40. The quantitative estimate of drug-likeness (QED) is 0.731. The first-order valence-electron chi connectivity index (χ1n) is 8.44. The van der Waals surface area contributed by atoms with Crippen molar-refractivity contribution in [3.8, 4) is 5.69 Å². The minimum atomic E-state index is -0.197. The molecule has 25 heavy (non-hydrogen) atoms. The first-order valence-corrected chi connectivity index (χ1v) is 9.26. The van der Waals surface area contributed by atoms with Crippen LogP contribution < -0.4 is 0 Å². The lowest BCUT2D eigenvalue weighted by Gasteiger charge is -2.19. The summed E-state index contributed by atoms with van der Waals surface area (Å²) < 4.78 is 2.05. The van der Waals surface area contributed by atoms with E-state index in [4.69, 9.17) is 0 Å². The van der Waals surface area contributed by atoms with Gasteiger partial charge in [-0.2, -0.15) is 0 Å². The number of thioether (sulfide) groups is 1. The van der Waals surface area contributed by atoms with Crippen molar-refractivity contribution < 1.29 is 9.59 Å². The van der Waals surface area contributed by atoms with Gasteiger partial charge < -0.3 is 4.57 Å². The highest BCUT2D eigenvalue weighted by Crippen LogP contribution is 2.34. The number of nitrogens with zero attached hydrogens (tertiary/aromatic N) is 2. The Morgan fingerprint density at radius 2 is 1.96 bits per heavy atom. The van der Waals surface area contributed by atoms with Crippen LogP contribution in [0.1, 0.15) is 37.1 Å². The molecule has 1 atom stereocenters. The molecule has 2 amide bonds. The van der Waals surface area contributed by atoms with Crippen molar-refractivity contribution in [2.24, 2.45) is 0 Å². The summed E-state index contributed by atoms with van der Waals surface area (Å²) in [5, 5.41) is -0.185. The number of carbonyl (C=O) groups is 2. The number of hydrogen-bond donors (Lipinski definition) is 0. The van der Waals surface area contributed by atoms with Crippen LogP contribution in [-0.2, 0) is 4.79 Å². The van der Waals surface area contributed by atoms with Gasteiger partial charge in [0.25, 0.3) is 11.1 Å². The lowest BCUT2D eigenvalue weighted by Crippen LogP contribution is -2.36. The molecule has 0 saturated carbocycles. The predicted octanol–water partition coefficient (Wildman–Crippen LogP) is 4.93. The smallest absolute Gasteiger partial charge is 0.293 e. The zero-order valence-electron chi connectivity index (χ0n) is 14.9. The van der Waals surface area contributed by atoms with Gasteiger partial charge in [0.15, 0.2) is 0 Å². The van der Waals surface area contributed by atoms with Crippen LogP contribution in [0.3, 0.4) is 0 Å². The number of aryl methyl sites for hydroxylation is 2. The fourth-order valence-electron chi connectivity index (χ4n) is 2.98. The zero-order valence-corrected chi connectivity index (χ0v) is 15.8. The Morgan fingerprint density at radius 1 is 1.20 bits per heavy atom. The van der Waals surface area contributed by atoms with Crippen molar-refractivity contribution in [1.29, 1.82) is 0 Å². The van der Waals surface area contributed by atoms with Crippen molar-refractivity contribution in [1.82, 2.24) is 9.47 Å². The van der Waals surface area contributed by atoms with E-state index >= 15 is 0 Å². The Bertz CT molecular complexity index is 866. The van der Waals surface area contributed by atoms with Crippen LogP contribution in [0.4, 0.5) is 4.79 Å². The van der Waals surface area contributed by atoms with Gasteiger partial charge in [0.05, 0.1) is 4.91 Å². The fraction of sp³-hybridized carbons (Fsp3) is 0.300. The molecule has 1 aliphatic heterocycles. The zero-order chi connectivity index (χ0) is 18.1. The minimum Gasteiger partial charge on any atom is -0.317 e. The molecule has 1 aromatic carbocycles. The van der Waals surface area contributed by atoms with E-state index in [0.29, 0.717) is 4.91 Å². The first kappa shape index (κ1) is 17.5. The molecular formula is C20H22N2O2S. The van der Waals surface area contributed by atoms with Crippen LogP contribution in [0.5, 0.6) is 0 Å². The molecule has 1 aromatic heterocycles. The molecule has 2 aromatic rings. The average molecular weight is 354 g/mol. The van der Waals surface area contributed by atoms with Gasteiger partial charge in [-0.05, 0) is 68.8 Å². The van der Waals surface area contributed by atoms with Crippen LogP contribution in [-0.4, -0.2) is 26.7 Å². The van der Waals surface area contributed by atoms with Crippen LogP contribution in [0, 0.1) is 13.8 Å². The normalized spacial score (nSPS) is 17.6. The molecule has 1 saturated heterocycles. The standard InChI is InChI=1S/C20H22N2O2S/c1-5-15(4)22-19(23)18(25-20(22)24)12-16-7-6-10-21(16)17-9-8-13(2)11-14(17)3/h6-12,15H,5H2,1-4H3/b18-12+/t15-/m0/s1. The van der Waals surface area contributed by atoms with E-state index in [0.717, 1.165) is 29.6 Å². The number of rotatable bonds is 4. The van der Waals surface area contributed by atoms with Gasteiger partial charge in [-0.1, -0.05) is 24.6 Å². The number of carbonyl (C=O) groups excluding carboxylic acids is 2. The monoisotopic (exact) mass is 354 g/mol. The summed E-state index contributed by atoms with van der Waals surface area (Å²) in [5.41, 5.74) is 4.34. The van der Waals surface area contributed by atoms with Crippen LogP contribution in [0.2, 0.25) is 0 Å².